The number of nitrogens with zero attached hydrogens (tertiary/aromatic N) is 2. The first-order valence-electron chi connectivity index (χ1n) is 4.76. The fourth-order valence-corrected chi connectivity index (χ4v) is 1.88. The van der Waals surface area contributed by atoms with E-state index in [2.05, 4.69) is 31.7 Å². The number of hydrogen-bond acceptors (Lipinski definition) is 3. The van der Waals surface area contributed by atoms with Crippen LogP contribution in [0.4, 0.5) is 0 Å². The van der Waals surface area contributed by atoms with Gasteiger partial charge in [-0.2, -0.15) is 5.26 Å². The number of hydrogen-bond donors (Lipinski definition) is 0. The molecule has 0 aromatic rings. The third kappa shape index (κ3) is 2.68. The third-order valence-electron chi connectivity index (χ3n) is 2.33. The van der Waals surface area contributed by atoms with E-state index in [-0.39, 0.29) is 17.7 Å². The lowest BCUT2D eigenvalue weighted by Crippen LogP contribution is -2.54. The minimum Gasteiger partial charge on any atom is -0.370 e. The van der Waals surface area contributed by atoms with Crippen LogP contribution in [0.2, 0.25) is 0 Å². The van der Waals surface area contributed by atoms with E-state index in [9.17, 15) is 0 Å². The molecule has 0 N–H and O–H groups in total. The quantitative estimate of drug-likeness (QED) is 0.615. The van der Waals surface area contributed by atoms with Crippen molar-refractivity contribution in [1.82, 2.24) is 4.90 Å². The molecule has 3 nitrogen and oxygen atoms in total. The summed E-state index contributed by atoms with van der Waals surface area (Å²) in [5.74, 6) is 0. The third-order valence-corrected chi connectivity index (χ3v) is 2.33. The van der Waals surface area contributed by atoms with E-state index in [1.54, 1.807) is 0 Å². The van der Waals surface area contributed by atoms with Gasteiger partial charge < -0.3 is 4.74 Å². The summed E-state index contributed by atoms with van der Waals surface area (Å²) in [6, 6.07) is 2.25. The number of nitriles is 1. The SMILES string of the molecule is CC1CN(C(C)C#N)CC(C)(C)O1. The van der Waals surface area contributed by atoms with Gasteiger partial charge in [0.05, 0.1) is 23.8 Å². The Balaban J connectivity index is 2.64. The molecule has 3 heteroatoms. The molecule has 1 fully saturated rings. The average molecular weight is 182 g/mol. The molecule has 1 rings (SSSR count). The highest BCUT2D eigenvalue weighted by molar-refractivity contribution is 4.93. The first kappa shape index (κ1) is 10.5. The molecule has 2 unspecified atom stereocenters. The van der Waals surface area contributed by atoms with Crippen LogP contribution >= 0.6 is 0 Å². The van der Waals surface area contributed by atoms with Crippen molar-refractivity contribution in [3.05, 3.63) is 0 Å². The van der Waals surface area contributed by atoms with Crippen LogP contribution in [0.3, 0.4) is 0 Å². The molecule has 74 valence electrons. The zero-order valence-electron chi connectivity index (χ0n) is 8.87. The van der Waals surface area contributed by atoms with Crippen LogP contribution in [-0.4, -0.2) is 35.7 Å². The van der Waals surface area contributed by atoms with Gasteiger partial charge in [-0.05, 0) is 27.7 Å². The molecule has 0 aromatic carbocycles. The molecule has 0 aliphatic carbocycles. The number of morpholine rings is 1. The first-order valence-corrected chi connectivity index (χ1v) is 4.76. The Morgan fingerprint density at radius 1 is 1.62 bits per heavy atom. The molecule has 0 amide bonds. The predicted molar refractivity (Wildman–Crippen MR) is 51.3 cm³/mol. The van der Waals surface area contributed by atoms with Crippen molar-refractivity contribution >= 4 is 0 Å². The van der Waals surface area contributed by atoms with Crippen LogP contribution in [0.5, 0.6) is 0 Å². The van der Waals surface area contributed by atoms with E-state index in [1.165, 1.54) is 0 Å². The summed E-state index contributed by atoms with van der Waals surface area (Å²) < 4.78 is 5.75. The van der Waals surface area contributed by atoms with Crippen LogP contribution in [0, 0.1) is 11.3 Å². The molecule has 0 saturated carbocycles. The number of ether oxygens (including phenoxy) is 1. The zero-order chi connectivity index (χ0) is 10.1. The van der Waals surface area contributed by atoms with E-state index in [4.69, 9.17) is 10.00 Å². The lowest BCUT2D eigenvalue weighted by molar-refractivity contribution is -0.132. The maximum absolute atomic E-state index is 8.81. The summed E-state index contributed by atoms with van der Waals surface area (Å²) in [6.07, 6.45) is 0.222. The molecule has 1 aliphatic rings. The second kappa shape index (κ2) is 3.65. The van der Waals surface area contributed by atoms with E-state index < -0.39 is 0 Å². The fourth-order valence-electron chi connectivity index (χ4n) is 1.88. The van der Waals surface area contributed by atoms with Crippen molar-refractivity contribution in [3.8, 4) is 6.07 Å². The maximum Gasteiger partial charge on any atom is 0.0951 e. The Morgan fingerprint density at radius 3 is 2.69 bits per heavy atom. The van der Waals surface area contributed by atoms with Crippen LogP contribution < -0.4 is 0 Å². The predicted octanol–water partition coefficient (Wildman–Crippen LogP) is 1.40. The first-order chi connectivity index (χ1) is 5.94. The average Bonchev–Trinajstić information content (AvgIpc) is 1.99. The van der Waals surface area contributed by atoms with E-state index >= 15 is 0 Å². The van der Waals surface area contributed by atoms with Crippen molar-refractivity contribution in [3.63, 3.8) is 0 Å². The van der Waals surface area contributed by atoms with Gasteiger partial charge in [-0.25, -0.2) is 0 Å². The van der Waals surface area contributed by atoms with Crippen LogP contribution in [0.15, 0.2) is 0 Å². The zero-order valence-corrected chi connectivity index (χ0v) is 8.87. The Bertz CT molecular complexity index is 219. The van der Waals surface area contributed by atoms with Gasteiger partial charge in [0.15, 0.2) is 0 Å². The highest BCUT2D eigenvalue weighted by Crippen LogP contribution is 2.21. The Kier molecular flexibility index (Phi) is 2.94. The van der Waals surface area contributed by atoms with Gasteiger partial charge in [0, 0.05) is 13.1 Å². The number of rotatable bonds is 1. The summed E-state index contributed by atoms with van der Waals surface area (Å²) in [5, 5.41) is 8.81. The van der Waals surface area contributed by atoms with E-state index in [0.29, 0.717) is 0 Å². The summed E-state index contributed by atoms with van der Waals surface area (Å²) in [5.41, 5.74) is -0.122. The molecule has 1 heterocycles. The molecule has 2 atom stereocenters. The van der Waals surface area contributed by atoms with Crippen LogP contribution in [0.1, 0.15) is 27.7 Å². The monoisotopic (exact) mass is 182 g/mol. The molecule has 1 saturated heterocycles. The van der Waals surface area contributed by atoms with E-state index in [0.717, 1.165) is 13.1 Å². The Labute approximate surface area is 80.3 Å². The minimum absolute atomic E-state index is 0.00868. The van der Waals surface area contributed by atoms with Gasteiger partial charge in [0.1, 0.15) is 0 Å². The van der Waals surface area contributed by atoms with Crippen molar-refractivity contribution in [2.24, 2.45) is 0 Å². The molecule has 13 heavy (non-hydrogen) atoms. The lowest BCUT2D eigenvalue weighted by atomic mass is 10.0. The van der Waals surface area contributed by atoms with Crippen LogP contribution in [0.25, 0.3) is 0 Å². The van der Waals surface area contributed by atoms with Gasteiger partial charge in [-0.15, -0.1) is 0 Å². The minimum atomic E-state index is -0.122. The normalized spacial score (nSPS) is 30.8. The second-order valence-electron chi connectivity index (χ2n) is 4.42. The second-order valence-corrected chi connectivity index (χ2v) is 4.42. The lowest BCUT2D eigenvalue weighted by Gasteiger charge is -2.42. The smallest absolute Gasteiger partial charge is 0.0951 e. The van der Waals surface area contributed by atoms with Gasteiger partial charge in [0.25, 0.3) is 0 Å². The summed E-state index contributed by atoms with van der Waals surface area (Å²) in [4.78, 5) is 2.17. The molecule has 0 radical (unpaired) electrons. The molecule has 0 spiro atoms. The van der Waals surface area contributed by atoms with Gasteiger partial charge in [-0.3, -0.25) is 4.90 Å². The molecular weight excluding hydrogens is 164 g/mol. The molecule has 0 bridgehead atoms. The Hall–Kier alpha value is -0.590. The van der Waals surface area contributed by atoms with Gasteiger partial charge in [-0.1, -0.05) is 0 Å². The van der Waals surface area contributed by atoms with E-state index in [1.807, 2.05) is 6.92 Å². The van der Waals surface area contributed by atoms with Crippen molar-refractivity contribution < 1.29 is 4.74 Å². The topological polar surface area (TPSA) is 36.3 Å². The summed E-state index contributed by atoms with van der Waals surface area (Å²) in [6.45, 7) is 9.83. The molecule has 1 aliphatic heterocycles. The summed E-state index contributed by atoms with van der Waals surface area (Å²) in [7, 11) is 0. The molecule has 0 aromatic heterocycles. The van der Waals surface area contributed by atoms with Gasteiger partial charge in [0.2, 0.25) is 0 Å². The highest BCUT2D eigenvalue weighted by atomic mass is 16.5. The largest absolute Gasteiger partial charge is 0.370 e. The van der Waals surface area contributed by atoms with Crippen molar-refractivity contribution in [2.75, 3.05) is 13.1 Å². The summed E-state index contributed by atoms with van der Waals surface area (Å²) >= 11 is 0. The maximum atomic E-state index is 8.81. The van der Waals surface area contributed by atoms with Crippen LogP contribution in [-0.2, 0) is 4.74 Å². The standard InChI is InChI=1S/C10H18N2O/c1-8(5-11)12-6-9(2)13-10(3,4)7-12/h8-9H,6-7H2,1-4H3. The fraction of sp³-hybridized carbons (Fsp3) is 0.900. The van der Waals surface area contributed by atoms with Gasteiger partial charge >= 0.3 is 0 Å². The highest BCUT2D eigenvalue weighted by Gasteiger charge is 2.33. The van der Waals surface area contributed by atoms with Crippen molar-refractivity contribution in [2.45, 2.75) is 45.4 Å². The van der Waals surface area contributed by atoms with Crippen molar-refractivity contribution in [1.29, 1.82) is 5.26 Å². The molecular formula is C10H18N2O. The Morgan fingerprint density at radius 2 is 2.23 bits per heavy atom.